The lowest BCUT2D eigenvalue weighted by atomic mass is 9.96. The third kappa shape index (κ3) is 8.32. The molecule has 0 aliphatic heterocycles. The fraction of sp³-hybridized carbons (Fsp3) is 0.0952. The molecule has 12 aromatic carbocycles. The van der Waals surface area contributed by atoms with Gasteiger partial charge in [0.15, 0.2) is 23.1 Å². The summed E-state index contributed by atoms with van der Waals surface area (Å²) in [4.78, 5) is 23.3. The number of rotatable bonds is 8. The van der Waals surface area contributed by atoms with E-state index in [1.807, 2.05) is 30.3 Å². The average Bonchev–Trinajstić information content (AvgIpc) is 1.59. The second-order valence-electron chi connectivity index (χ2n) is 25.7. The van der Waals surface area contributed by atoms with Crippen molar-refractivity contribution in [2.45, 2.75) is 55.4 Å². The molecule has 444 valence electrons. The van der Waals surface area contributed by atoms with Crippen LogP contribution < -0.4 is 0 Å². The Kier molecular flexibility index (Phi) is 11.9. The minimum absolute atomic E-state index is 0.452. The van der Waals surface area contributed by atoms with E-state index in [1.54, 1.807) is 0 Å². The number of aromatic nitrogens is 8. The first-order valence-corrected chi connectivity index (χ1v) is 31.9. The van der Waals surface area contributed by atoms with Crippen LogP contribution in [0, 0.1) is 55.4 Å². The Labute approximate surface area is 536 Å². The van der Waals surface area contributed by atoms with Gasteiger partial charge in [-0.25, -0.2) is 19.9 Å². The second-order valence-corrected chi connectivity index (χ2v) is 25.7. The van der Waals surface area contributed by atoms with Gasteiger partial charge in [0.25, 0.3) is 0 Å². The van der Waals surface area contributed by atoms with Crippen LogP contribution in [0.1, 0.15) is 44.5 Å². The van der Waals surface area contributed by atoms with E-state index in [1.165, 1.54) is 0 Å². The van der Waals surface area contributed by atoms with Crippen LogP contribution in [-0.2, 0) is 0 Å². The molecular formula is C84H62N8O. The summed E-state index contributed by atoms with van der Waals surface area (Å²) in [6.45, 7) is 17.6. The highest BCUT2D eigenvalue weighted by Crippen LogP contribution is 2.55. The molecule has 9 nitrogen and oxygen atoms in total. The zero-order valence-corrected chi connectivity index (χ0v) is 52.9. The molecule has 93 heavy (non-hydrogen) atoms. The van der Waals surface area contributed by atoms with Crippen molar-refractivity contribution in [3.8, 4) is 68.4 Å². The van der Waals surface area contributed by atoms with Crippen molar-refractivity contribution in [3.63, 3.8) is 0 Å². The first-order valence-electron chi connectivity index (χ1n) is 31.9. The lowest BCUT2D eigenvalue weighted by Gasteiger charge is -2.30. The lowest BCUT2D eigenvalue weighted by molar-refractivity contribution is 0.619. The van der Waals surface area contributed by atoms with Gasteiger partial charge < -0.3 is 22.7 Å². The van der Waals surface area contributed by atoms with Crippen LogP contribution in [0.5, 0.6) is 0 Å². The first kappa shape index (κ1) is 54.3. The Morgan fingerprint density at radius 2 is 0.505 bits per heavy atom. The Morgan fingerprint density at radius 1 is 0.247 bits per heavy atom. The normalized spacial score (nSPS) is 12.1. The maximum absolute atomic E-state index is 7.65. The van der Waals surface area contributed by atoms with Crippen molar-refractivity contribution in [1.29, 1.82) is 0 Å². The summed E-state index contributed by atoms with van der Waals surface area (Å²) >= 11 is 0. The Bertz CT molecular complexity index is 5610. The van der Waals surface area contributed by atoms with Gasteiger partial charge in [-0.1, -0.05) is 170 Å². The highest BCUT2D eigenvalue weighted by Gasteiger charge is 2.39. The number of hydrogen-bond acceptors (Lipinski definition) is 5. The molecule has 6 heterocycles. The van der Waals surface area contributed by atoms with Crippen LogP contribution in [0.25, 0.3) is 167 Å². The monoisotopic (exact) mass is 1200 g/mol. The molecule has 9 heteroatoms. The molecule has 0 aliphatic rings. The van der Waals surface area contributed by atoms with Crippen LogP contribution in [-0.4, -0.2) is 38.2 Å². The number of oxazole rings is 1. The summed E-state index contributed by atoms with van der Waals surface area (Å²) in [5.41, 5.74) is 25.1. The molecule has 0 aliphatic carbocycles. The fourth-order valence-electron chi connectivity index (χ4n) is 14.8. The summed E-state index contributed by atoms with van der Waals surface area (Å²) in [7, 11) is 0. The van der Waals surface area contributed by atoms with Gasteiger partial charge in [0, 0.05) is 54.2 Å². The molecule has 0 saturated carbocycles. The van der Waals surface area contributed by atoms with E-state index in [0.29, 0.717) is 28.9 Å². The van der Waals surface area contributed by atoms with E-state index < -0.39 is 0 Å². The van der Waals surface area contributed by atoms with Crippen molar-refractivity contribution in [2.24, 2.45) is 0 Å². The van der Waals surface area contributed by atoms with E-state index in [0.717, 1.165) is 182 Å². The first-order chi connectivity index (χ1) is 45.4. The van der Waals surface area contributed by atoms with Crippen molar-refractivity contribution in [2.75, 3.05) is 0 Å². The molecule has 0 fully saturated rings. The van der Waals surface area contributed by atoms with Crippen molar-refractivity contribution >= 4 is 98.3 Å². The fourth-order valence-corrected chi connectivity index (χ4v) is 14.8. The van der Waals surface area contributed by atoms with E-state index in [-0.39, 0.29) is 0 Å². The number of fused-ring (bicyclic) bond motifs is 13. The number of hydrogen-bond donors (Lipinski definition) is 0. The number of aryl methyl sites for hydroxylation is 8. The van der Waals surface area contributed by atoms with E-state index in [2.05, 4.69) is 274 Å². The van der Waals surface area contributed by atoms with Crippen molar-refractivity contribution < 1.29 is 4.42 Å². The van der Waals surface area contributed by atoms with Crippen LogP contribution in [0.2, 0.25) is 0 Å². The summed E-state index contributed by atoms with van der Waals surface area (Å²) in [5.74, 6) is 2.01. The van der Waals surface area contributed by atoms with Gasteiger partial charge in [-0.2, -0.15) is 0 Å². The molecule has 18 rings (SSSR count). The zero-order chi connectivity index (χ0) is 62.7. The molecule has 0 radical (unpaired) electrons. The molecule has 0 atom stereocenters. The standard InChI is InChI=1S/C84H62N8O/c1-47-23-31-57-58-32-24-48(2)40-67(58)89(66(57)39-47)77-75(83-87-81(55-17-11-9-12-18-55)86-82(88-83)56-19-13-10-14-20-56)78(90-68-41-49(3)25-33-59(68)60-34-26-50(4)42-69(60)90)80(92-72-45-53(7)29-37-63(72)64-38-30-54(8)46-73(64)92)76(84-85-65-21-15-16-22-74(65)93-84)79(77)91-70-43-51(5)27-35-61(70)62-36-28-52(6)44-71(62)91/h9-46H,1-8H3. The molecule has 0 amide bonds. The summed E-state index contributed by atoms with van der Waals surface area (Å²) in [5, 5.41) is 8.88. The summed E-state index contributed by atoms with van der Waals surface area (Å²) in [6.07, 6.45) is 0. The predicted molar refractivity (Wildman–Crippen MR) is 384 cm³/mol. The van der Waals surface area contributed by atoms with Crippen LogP contribution in [0.15, 0.2) is 235 Å². The highest BCUT2D eigenvalue weighted by atomic mass is 16.3. The average molecular weight is 1200 g/mol. The molecule has 0 unspecified atom stereocenters. The van der Waals surface area contributed by atoms with E-state index in [9.17, 15) is 0 Å². The zero-order valence-electron chi connectivity index (χ0n) is 52.9. The van der Waals surface area contributed by atoms with Gasteiger partial charge in [-0.05, 0) is 161 Å². The van der Waals surface area contributed by atoms with Gasteiger partial charge in [-0.15, -0.1) is 0 Å². The Morgan fingerprint density at radius 3 is 0.796 bits per heavy atom. The van der Waals surface area contributed by atoms with Gasteiger partial charge in [0.05, 0.1) is 78.0 Å². The molecular weight excluding hydrogens is 1140 g/mol. The molecule has 6 aromatic heterocycles. The van der Waals surface area contributed by atoms with Gasteiger partial charge >= 0.3 is 0 Å². The smallest absolute Gasteiger partial charge is 0.231 e. The summed E-state index contributed by atoms with van der Waals surface area (Å²) in [6, 6.07) is 84.1. The number of nitrogens with zero attached hydrogens (tertiary/aromatic N) is 8. The van der Waals surface area contributed by atoms with Gasteiger partial charge in [0.1, 0.15) is 5.52 Å². The largest absolute Gasteiger partial charge is 0.436 e. The number of para-hydroxylation sites is 2. The highest BCUT2D eigenvalue weighted by molar-refractivity contribution is 6.18. The molecule has 0 saturated heterocycles. The molecule has 18 aromatic rings. The molecule has 0 bridgehead atoms. The lowest BCUT2D eigenvalue weighted by Crippen LogP contribution is -2.17. The SMILES string of the molecule is Cc1ccc2c3ccc(C)cc3n(-c3c(-c4nc(-c5ccccc5)nc(-c5ccccc5)n4)c(-n4c5cc(C)ccc5c5ccc(C)cc54)c(-n4c5cc(C)ccc5c5ccc(C)cc54)c(-c4nc5ccccc5o4)c3-n3c4cc(C)ccc4c4ccc(C)cc43)c2c1. The Hall–Kier alpha value is -11.7. The van der Waals surface area contributed by atoms with E-state index in [4.69, 9.17) is 24.4 Å². The predicted octanol–water partition coefficient (Wildman–Crippen LogP) is 21.5. The maximum Gasteiger partial charge on any atom is 0.231 e. The molecule has 0 spiro atoms. The van der Waals surface area contributed by atoms with Crippen molar-refractivity contribution in [1.82, 2.24) is 38.2 Å². The quantitative estimate of drug-likeness (QED) is 0.151. The third-order valence-electron chi connectivity index (χ3n) is 19.0. The van der Waals surface area contributed by atoms with Gasteiger partial charge in [-0.3, -0.25) is 0 Å². The Balaban J connectivity index is 1.25. The maximum atomic E-state index is 7.65. The molecule has 0 N–H and O–H groups in total. The van der Waals surface area contributed by atoms with Crippen LogP contribution >= 0.6 is 0 Å². The minimum atomic E-state index is 0.452. The third-order valence-corrected chi connectivity index (χ3v) is 19.0. The van der Waals surface area contributed by atoms with Crippen LogP contribution in [0.3, 0.4) is 0 Å². The van der Waals surface area contributed by atoms with E-state index >= 15 is 0 Å². The topological polar surface area (TPSA) is 84.4 Å². The minimum Gasteiger partial charge on any atom is -0.436 e. The summed E-state index contributed by atoms with van der Waals surface area (Å²) < 4.78 is 17.8. The van der Waals surface area contributed by atoms with Crippen molar-refractivity contribution in [3.05, 3.63) is 275 Å². The number of benzene rings is 12. The van der Waals surface area contributed by atoms with Crippen LogP contribution in [0.4, 0.5) is 0 Å². The van der Waals surface area contributed by atoms with Gasteiger partial charge in [0.2, 0.25) is 5.89 Å². The second kappa shape index (κ2) is 20.4.